The van der Waals surface area contributed by atoms with E-state index in [-0.39, 0.29) is 12.1 Å². The van der Waals surface area contributed by atoms with E-state index in [2.05, 4.69) is 20.8 Å². The average molecular weight is 242 g/mol. The molecule has 0 aliphatic carbocycles. The van der Waals surface area contributed by atoms with Gasteiger partial charge in [0.25, 0.3) is 0 Å². The number of ether oxygens (including phenoxy) is 1. The molecule has 7 heteroatoms. The molecule has 16 heavy (non-hydrogen) atoms. The predicted molar refractivity (Wildman–Crippen MR) is 60.6 cm³/mol. The van der Waals surface area contributed by atoms with E-state index in [0.29, 0.717) is 11.7 Å². The zero-order valence-corrected chi connectivity index (χ0v) is 9.84. The van der Waals surface area contributed by atoms with Gasteiger partial charge in [0.05, 0.1) is 6.10 Å². The van der Waals surface area contributed by atoms with Crippen LogP contribution in [0.4, 0.5) is 9.93 Å². The number of aromatic nitrogens is 2. The van der Waals surface area contributed by atoms with Crippen molar-refractivity contribution in [3.63, 3.8) is 0 Å². The van der Waals surface area contributed by atoms with E-state index in [1.54, 1.807) is 0 Å². The number of hydrogen-bond acceptors (Lipinski definition) is 5. The van der Waals surface area contributed by atoms with Crippen LogP contribution in [-0.2, 0) is 4.74 Å². The predicted octanol–water partition coefficient (Wildman–Crippen LogP) is 1.15. The molecular weight excluding hydrogens is 228 g/mol. The van der Waals surface area contributed by atoms with Gasteiger partial charge in [-0.3, -0.25) is 5.32 Å². The van der Waals surface area contributed by atoms with Crippen LogP contribution in [0.15, 0.2) is 0 Å². The lowest BCUT2D eigenvalue weighted by Crippen LogP contribution is -2.34. The molecule has 0 radical (unpaired) electrons. The minimum Gasteiger partial charge on any atom is -0.376 e. The first-order valence-electron chi connectivity index (χ1n) is 5.20. The first-order valence-corrected chi connectivity index (χ1v) is 6.02. The lowest BCUT2D eigenvalue weighted by Gasteiger charge is -2.10. The highest BCUT2D eigenvalue weighted by Gasteiger charge is 2.16. The Morgan fingerprint density at radius 1 is 1.62 bits per heavy atom. The van der Waals surface area contributed by atoms with Crippen LogP contribution in [0, 0.1) is 6.92 Å². The highest BCUT2D eigenvalue weighted by molar-refractivity contribution is 7.15. The molecule has 2 amide bonds. The van der Waals surface area contributed by atoms with Crippen molar-refractivity contribution in [2.45, 2.75) is 25.9 Å². The monoisotopic (exact) mass is 242 g/mol. The van der Waals surface area contributed by atoms with Crippen molar-refractivity contribution in [1.29, 1.82) is 0 Å². The molecule has 1 aromatic heterocycles. The van der Waals surface area contributed by atoms with Gasteiger partial charge in [-0.15, -0.1) is 10.2 Å². The minimum absolute atomic E-state index is 0.155. The molecule has 1 saturated heterocycles. The van der Waals surface area contributed by atoms with Crippen LogP contribution >= 0.6 is 11.3 Å². The smallest absolute Gasteiger partial charge is 0.321 e. The number of aryl methyl sites for hydroxylation is 1. The maximum atomic E-state index is 11.4. The van der Waals surface area contributed by atoms with E-state index in [4.69, 9.17) is 4.74 Å². The molecule has 88 valence electrons. The van der Waals surface area contributed by atoms with Crippen molar-refractivity contribution < 1.29 is 9.53 Å². The van der Waals surface area contributed by atoms with Crippen LogP contribution in [0.2, 0.25) is 0 Å². The van der Waals surface area contributed by atoms with Gasteiger partial charge >= 0.3 is 6.03 Å². The van der Waals surface area contributed by atoms with Crippen molar-refractivity contribution in [2.75, 3.05) is 18.5 Å². The highest BCUT2D eigenvalue weighted by atomic mass is 32.1. The van der Waals surface area contributed by atoms with E-state index >= 15 is 0 Å². The van der Waals surface area contributed by atoms with Crippen LogP contribution in [0.3, 0.4) is 0 Å². The van der Waals surface area contributed by atoms with Crippen LogP contribution < -0.4 is 10.6 Å². The zero-order chi connectivity index (χ0) is 11.4. The second-order valence-electron chi connectivity index (χ2n) is 3.60. The molecule has 2 rings (SSSR count). The SMILES string of the molecule is Cc1nnc(NC(=O)NCC2CCCO2)s1. The molecule has 1 aliphatic heterocycles. The Kier molecular flexibility index (Phi) is 3.68. The molecule has 6 nitrogen and oxygen atoms in total. The number of nitrogens with zero attached hydrogens (tertiary/aromatic N) is 2. The fourth-order valence-electron chi connectivity index (χ4n) is 1.50. The van der Waals surface area contributed by atoms with Gasteiger partial charge in [0, 0.05) is 13.2 Å². The van der Waals surface area contributed by atoms with Crippen molar-refractivity contribution in [1.82, 2.24) is 15.5 Å². The maximum Gasteiger partial charge on any atom is 0.321 e. The van der Waals surface area contributed by atoms with Crippen LogP contribution in [-0.4, -0.2) is 35.5 Å². The number of carbonyl (C=O) groups excluding carboxylic acids is 1. The second-order valence-corrected chi connectivity index (χ2v) is 4.78. The second kappa shape index (κ2) is 5.22. The van der Waals surface area contributed by atoms with Gasteiger partial charge in [0.2, 0.25) is 5.13 Å². The molecule has 2 N–H and O–H groups in total. The third kappa shape index (κ3) is 3.14. The summed E-state index contributed by atoms with van der Waals surface area (Å²) in [7, 11) is 0. The topological polar surface area (TPSA) is 76.1 Å². The minimum atomic E-state index is -0.258. The lowest BCUT2D eigenvalue weighted by molar-refractivity contribution is 0.112. The maximum absolute atomic E-state index is 11.4. The summed E-state index contributed by atoms with van der Waals surface area (Å²) in [6.45, 7) is 3.18. The van der Waals surface area contributed by atoms with Gasteiger partial charge in [-0.05, 0) is 19.8 Å². The fourth-order valence-corrected chi connectivity index (χ4v) is 2.09. The number of carbonyl (C=O) groups is 1. The molecule has 1 aromatic rings. The number of nitrogens with one attached hydrogen (secondary N) is 2. The van der Waals surface area contributed by atoms with Gasteiger partial charge in [0.15, 0.2) is 0 Å². The van der Waals surface area contributed by atoms with Gasteiger partial charge in [-0.25, -0.2) is 4.79 Å². The molecule has 0 aromatic carbocycles. The third-order valence-electron chi connectivity index (χ3n) is 2.26. The fraction of sp³-hybridized carbons (Fsp3) is 0.667. The molecule has 1 unspecified atom stereocenters. The first-order chi connectivity index (χ1) is 7.74. The zero-order valence-electron chi connectivity index (χ0n) is 9.02. The average Bonchev–Trinajstić information content (AvgIpc) is 2.87. The summed E-state index contributed by atoms with van der Waals surface area (Å²) < 4.78 is 5.39. The number of amides is 2. The van der Waals surface area contributed by atoms with E-state index in [1.807, 2.05) is 6.92 Å². The Labute approximate surface area is 97.4 Å². The normalized spacial score (nSPS) is 19.7. The number of urea groups is 1. The summed E-state index contributed by atoms with van der Waals surface area (Å²) in [4.78, 5) is 11.4. The molecule has 1 aliphatic rings. The van der Waals surface area contributed by atoms with E-state index in [1.165, 1.54) is 11.3 Å². The first kappa shape index (κ1) is 11.3. The summed E-state index contributed by atoms with van der Waals surface area (Å²) in [5.41, 5.74) is 0. The quantitative estimate of drug-likeness (QED) is 0.833. The van der Waals surface area contributed by atoms with Crippen LogP contribution in [0.25, 0.3) is 0 Å². The molecule has 0 bridgehead atoms. The summed E-state index contributed by atoms with van der Waals surface area (Å²) in [6.07, 6.45) is 2.24. The Morgan fingerprint density at radius 3 is 3.12 bits per heavy atom. The highest BCUT2D eigenvalue weighted by Crippen LogP contribution is 2.13. The lowest BCUT2D eigenvalue weighted by atomic mass is 10.2. The summed E-state index contributed by atoms with van der Waals surface area (Å²) in [5, 5.41) is 14.3. The summed E-state index contributed by atoms with van der Waals surface area (Å²) in [6, 6.07) is -0.258. The van der Waals surface area contributed by atoms with Gasteiger partial charge in [0.1, 0.15) is 5.01 Å². The van der Waals surface area contributed by atoms with Crippen molar-refractivity contribution in [2.24, 2.45) is 0 Å². The van der Waals surface area contributed by atoms with Crippen molar-refractivity contribution >= 4 is 22.5 Å². The standard InChI is InChI=1S/C9H14N4O2S/c1-6-12-13-9(16-6)11-8(14)10-5-7-3-2-4-15-7/h7H,2-5H2,1H3,(H2,10,11,13,14). The Bertz CT molecular complexity index is 362. The Hall–Kier alpha value is -1.21. The Balaban J connectivity index is 1.71. The molecule has 0 spiro atoms. The van der Waals surface area contributed by atoms with Gasteiger partial charge < -0.3 is 10.1 Å². The number of rotatable bonds is 3. The molecule has 1 fully saturated rings. The van der Waals surface area contributed by atoms with Crippen molar-refractivity contribution in [3.05, 3.63) is 5.01 Å². The van der Waals surface area contributed by atoms with E-state index < -0.39 is 0 Å². The van der Waals surface area contributed by atoms with Crippen molar-refractivity contribution in [3.8, 4) is 0 Å². The largest absolute Gasteiger partial charge is 0.376 e. The van der Waals surface area contributed by atoms with Gasteiger partial charge in [-0.2, -0.15) is 0 Å². The Morgan fingerprint density at radius 2 is 2.50 bits per heavy atom. The van der Waals surface area contributed by atoms with Crippen LogP contribution in [0.5, 0.6) is 0 Å². The molecule has 1 atom stereocenters. The summed E-state index contributed by atoms with van der Waals surface area (Å²) in [5.74, 6) is 0. The summed E-state index contributed by atoms with van der Waals surface area (Å²) >= 11 is 1.35. The third-order valence-corrected chi connectivity index (χ3v) is 3.01. The number of anilines is 1. The number of hydrogen-bond donors (Lipinski definition) is 2. The molecule has 0 saturated carbocycles. The van der Waals surface area contributed by atoms with E-state index in [9.17, 15) is 4.79 Å². The molecular formula is C9H14N4O2S. The van der Waals surface area contributed by atoms with Gasteiger partial charge in [-0.1, -0.05) is 11.3 Å². The molecule has 2 heterocycles. The van der Waals surface area contributed by atoms with E-state index in [0.717, 1.165) is 24.5 Å². The van der Waals surface area contributed by atoms with Crippen LogP contribution in [0.1, 0.15) is 17.8 Å².